The number of hydrogen-bond donors (Lipinski definition) is 1. The van der Waals surface area contributed by atoms with Gasteiger partial charge in [0, 0.05) is 12.6 Å². The Bertz CT molecular complexity index is 264. The summed E-state index contributed by atoms with van der Waals surface area (Å²) in [6, 6.07) is 0.924. The van der Waals surface area contributed by atoms with Crippen LogP contribution in [0, 0.1) is 11.3 Å². The molecule has 1 saturated heterocycles. The fourth-order valence-electron chi connectivity index (χ4n) is 4.81. The monoisotopic (exact) mass is 250 g/mol. The zero-order chi connectivity index (χ0) is 12.4. The molecule has 3 rings (SSSR count). The van der Waals surface area contributed by atoms with Crippen LogP contribution in [-0.4, -0.2) is 37.6 Å². The van der Waals surface area contributed by atoms with Crippen LogP contribution in [0.4, 0.5) is 0 Å². The second kappa shape index (κ2) is 5.50. The lowest BCUT2D eigenvalue weighted by Gasteiger charge is -2.56. The first-order valence-electron chi connectivity index (χ1n) is 8.21. The van der Waals surface area contributed by atoms with Crippen molar-refractivity contribution >= 4 is 0 Å². The molecule has 2 saturated carbocycles. The first-order chi connectivity index (χ1) is 8.80. The molecule has 1 N–H and O–H groups in total. The van der Waals surface area contributed by atoms with Crippen LogP contribution in [0.2, 0.25) is 0 Å². The van der Waals surface area contributed by atoms with Crippen molar-refractivity contribution in [1.82, 2.24) is 10.2 Å². The highest BCUT2D eigenvalue weighted by Crippen LogP contribution is 2.53. The number of nitrogens with zero attached hydrogens (tertiary/aromatic N) is 1. The molecule has 2 nitrogen and oxygen atoms in total. The van der Waals surface area contributed by atoms with Gasteiger partial charge in [-0.15, -0.1) is 0 Å². The molecule has 1 unspecified atom stereocenters. The van der Waals surface area contributed by atoms with Gasteiger partial charge in [-0.1, -0.05) is 19.3 Å². The number of piperidine rings is 1. The molecule has 0 aromatic heterocycles. The number of rotatable bonds is 3. The molecular weight excluding hydrogens is 220 g/mol. The van der Waals surface area contributed by atoms with E-state index >= 15 is 0 Å². The van der Waals surface area contributed by atoms with E-state index in [-0.39, 0.29) is 0 Å². The van der Waals surface area contributed by atoms with Gasteiger partial charge < -0.3 is 10.2 Å². The molecule has 0 amide bonds. The summed E-state index contributed by atoms with van der Waals surface area (Å²) in [5.41, 5.74) is 0.750. The van der Waals surface area contributed by atoms with E-state index in [0.29, 0.717) is 0 Å². The second-order valence-electron chi connectivity index (χ2n) is 7.11. The maximum atomic E-state index is 3.48. The molecule has 3 fully saturated rings. The third-order valence-corrected chi connectivity index (χ3v) is 6.01. The number of nitrogens with one attached hydrogen (secondary N) is 1. The van der Waals surface area contributed by atoms with E-state index in [1.54, 1.807) is 0 Å². The van der Waals surface area contributed by atoms with Crippen LogP contribution in [0.3, 0.4) is 0 Å². The summed E-state index contributed by atoms with van der Waals surface area (Å²) in [5.74, 6) is 0.956. The highest BCUT2D eigenvalue weighted by atomic mass is 15.2. The maximum Gasteiger partial charge on any atom is 0.0149 e. The quantitative estimate of drug-likeness (QED) is 0.828. The molecule has 104 valence electrons. The molecule has 0 bridgehead atoms. The van der Waals surface area contributed by atoms with E-state index in [2.05, 4.69) is 17.3 Å². The first-order valence-corrected chi connectivity index (χ1v) is 8.21. The largest absolute Gasteiger partial charge is 0.317 e. The molecular formula is C16H30N2. The van der Waals surface area contributed by atoms with Crippen LogP contribution in [0.25, 0.3) is 0 Å². The minimum absolute atomic E-state index is 0.750. The average molecular weight is 250 g/mol. The molecule has 1 aliphatic heterocycles. The van der Waals surface area contributed by atoms with Gasteiger partial charge in [0.05, 0.1) is 0 Å². The van der Waals surface area contributed by atoms with E-state index in [4.69, 9.17) is 0 Å². The van der Waals surface area contributed by atoms with Crippen LogP contribution in [0.5, 0.6) is 0 Å². The van der Waals surface area contributed by atoms with Crippen LogP contribution >= 0.6 is 0 Å². The van der Waals surface area contributed by atoms with Crippen LogP contribution < -0.4 is 5.32 Å². The van der Waals surface area contributed by atoms with E-state index < -0.39 is 0 Å². The minimum atomic E-state index is 0.750. The van der Waals surface area contributed by atoms with Gasteiger partial charge in [-0.05, 0) is 70.0 Å². The van der Waals surface area contributed by atoms with Gasteiger partial charge in [-0.3, -0.25) is 0 Å². The zero-order valence-corrected chi connectivity index (χ0v) is 12.1. The molecule has 2 heteroatoms. The Morgan fingerprint density at radius 2 is 1.72 bits per heavy atom. The summed E-state index contributed by atoms with van der Waals surface area (Å²) in [4.78, 5) is 2.74. The highest BCUT2D eigenvalue weighted by Gasteiger charge is 2.48. The summed E-state index contributed by atoms with van der Waals surface area (Å²) in [6.45, 7) is 3.84. The smallest absolute Gasteiger partial charge is 0.0149 e. The summed E-state index contributed by atoms with van der Waals surface area (Å²) in [5, 5.41) is 3.48. The minimum Gasteiger partial charge on any atom is -0.317 e. The van der Waals surface area contributed by atoms with Gasteiger partial charge in [0.2, 0.25) is 0 Å². The van der Waals surface area contributed by atoms with Crippen molar-refractivity contribution in [2.75, 3.05) is 26.7 Å². The summed E-state index contributed by atoms with van der Waals surface area (Å²) >= 11 is 0. The molecule has 1 spiro atoms. The second-order valence-corrected chi connectivity index (χ2v) is 7.11. The van der Waals surface area contributed by atoms with Crippen LogP contribution in [0.1, 0.15) is 57.8 Å². The SMILES string of the molecule is CN(CC1CCNCC1)C1CCC12CCCCC2. The van der Waals surface area contributed by atoms with E-state index in [0.717, 1.165) is 17.4 Å². The Balaban J connectivity index is 1.53. The van der Waals surface area contributed by atoms with E-state index in [1.165, 1.54) is 77.4 Å². The normalized spacial score (nSPS) is 32.7. The van der Waals surface area contributed by atoms with Gasteiger partial charge in [-0.2, -0.15) is 0 Å². The maximum absolute atomic E-state index is 3.48. The van der Waals surface area contributed by atoms with Gasteiger partial charge in [-0.25, -0.2) is 0 Å². The Morgan fingerprint density at radius 1 is 1.00 bits per heavy atom. The summed E-state index contributed by atoms with van der Waals surface area (Å²) in [7, 11) is 2.40. The first kappa shape index (κ1) is 12.9. The summed E-state index contributed by atoms with van der Waals surface area (Å²) in [6.07, 6.45) is 13.3. The van der Waals surface area contributed by atoms with Crippen molar-refractivity contribution in [3.63, 3.8) is 0 Å². The standard InChI is InChI=1S/C16H30N2/c1-18(13-14-6-11-17-12-7-14)15-5-10-16(15)8-3-2-4-9-16/h14-15,17H,2-13H2,1H3. The average Bonchev–Trinajstić information content (AvgIpc) is 2.39. The molecule has 0 aromatic carbocycles. The topological polar surface area (TPSA) is 15.3 Å². The van der Waals surface area contributed by atoms with Crippen molar-refractivity contribution < 1.29 is 0 Å². The fraction of sp³-hybridized carbons (Fsp3) is 1.00. The van der Waals surface area contributed by atoms with Crippen molar-refractivity contribution in [2.24, 2.45) is 11.3 Å². The third kappa shape index (κ3) is 2.46. The molecule has 1 heterocycles. The van der Waals surface area contributed by atoms with Crippen LogP contribution in [-0.2, 0) is 0 Å². The van der Waals surface area contributed by atoms with Gasteiger partial charge in [0.15, 0.2) is 0 Å². The number of hydrogen-bond acceptors (Lipinski definition) is 2. The molecule has 3 aliphatic rings. The Labute approximate surface area is 113 Å². The van der Waals surface area contributed by atoms with Crippen molar-refractivity contribution in [1.29, 1.82) is 0 Å². The fourth-order valence-corrected chi connectivity index (χ4v) is 4.81. The third-order valence-electron chi connectivity index (χ3n) is 6.01. The van der Waals surface area contributed by atoms with E-state index in [1.807, 2.05) is 0 Å². The Morgan fingerprint density at radius 3 is 2.33 bits per heavy atom. The molecule has 1 atom stereocenters. The van der Waals surface area contributed by atoms with Crippen molar-refractivity contribution in [2.45, 2.75) is 63.8 Å². The summed E-state index contributed by atoms with van der Waals surface area (Å²) < 4.78 is 0. The molecule has 18 heavy (non-hydrogen) atoms. The predicted octanol–water partition coefficient (Wildman–Crippen LogP) is 3.03. The van der Waals surface area contributed by atoms with E-state index in [9.17, 15) is 0 Å². The lowest BCUT2D eigenvalue weighted by molar-refractivity contribution is -0.0480. The molecule has 0 aromatic rings. The molecule has 0 radical (unpaired) electrons. The van der Waals surface area contributed by atoms with Crippen LogP contribution in [0.15, 0.2) is 0 Å². The Kier molecular flexibility index (Phi) is 3.95. The van der Waals surface area contributed by atoms with Gasteiger partial charge in [0.25, 0.3) is 0 Å². The Hall–Kier alpha value is -0.0800. The zero-order valence-electron chi connectivity index (χ0n) is 12.1. The lowest BCUT2D eigenvalue weighted by Crippen LogP contribution is -2.56. The molecule has 2 aliphatic carbocycles. The van der Waals surface area contributed by atoms with Crippen molar-refractivity contribution in [3.05, 3.63) is 0 Å². The highest BCUT2D eigenvalue weighted by molar-refractivity contribution is 5.02. The predicted molar refractivity (Wildman–Crippen MR) is 76.8 cm³/mol. The van der Waals surface area contributed by atoms with Gasteiger partial charge in [0.1, 0.15) is 0 Å². The van der Waals surface area contributed by atoms with Crippen molar-refractivity contribution in [3.8, 4) is 0 Å². The van der Waals surface area contributed by atoms with Gasteiger partial charge >= 0.3 is 0 Å². The lowest BCUT2D eigenvalue weighted by atomic mass is 9.57.